The zero-order valence-electron chi connectivity index (χ0n) is 12.4. The Kier molecular flexibility index (Phi) is 6.46. The molecule has 1 aliphatic heterocycles. The Morgan fingerprint density at radius 1 is 1.17 bits per heavy atom. The van der Waals surface area contributed by atoms with Gasteiger partial charge in [0.2, 0.25) is 5.91 Å². The molecule has 2 rings (SSSR count). The number of aliphatic hydroxyl groups is 4. The van der Waals surface area contributed by atoms with Gasteiger partial charge in [-0.1, -0.05) is 30.3 Å². The minimum absolute atomic E-state index is 0.246. The van der Waals surface area contributed by atoms with E-state index >= 15 is 0 Å². The van der Waals surface area contributed by atoms with E-state index in [9.17, 15) is 20.1 Å². The number of carbonyl (C=O) groups is 1. The second kappa shape index (κ2) is 8.34. The SMILES string of the molecule is O=C(COCc1ccccc1)NC1C(O)OC(CO)[C@@H](O)[C@@H]1O. The minimum Gasteiger partial charge on any atom is -0.394 e. The lowest BCUT2D eigenvalue weighted by atomic mass is 9.97. The topological polar surface area (TPSA) is 128 Å². The molecule has 0 bridgehead atoms. The highest BCUT2D eigenvalue weighted by Crippen LogP contribution is 2.19. The van der Waals surface area contributed by atoms with E-state index in [1.54, 1.807) is 0 Å². The van der Waals surface area contributed by atoms with Crippen LogP contribution < -0.4 is 5.32 Å². The molecule has 1 aromatic carbocycles. The number of nitrogens with one attached hydrogen (secondary N) is 1. The van der Waals surface area contributed by atoms with E-state index in [0.29, 0.717) is 0 Å². The van der Waals surface area contributed by atoms with Crippen LogP contribution in [0.25, 0.3) is 0 Å². The predicted octanol–water partition coefficient (Wildman–Crippen LogP) is -1.88. The van der Waals surface area contributed by atoms with Gasteiger partial charge in [0.1, 0.15) is 31.0 Å². The van der Waals surface area contributed by atoms with Gasteiger partial charge in [-0.2, -0.15) is 0 Å². The molecule has 0 radical (unpaired) electrons. The maximum atomic E-state index is 11.8. The van der Waals surface area contributed by atoms with Gasteiger partial charge in [-0.3, -0.25) is 4.79 Å². The minimum atomic E-state index is -1.54. The summed E-state index contributed by atoms with van der Waals surface area (Å²) in [5.74, 6) is -0.567. The predicted molar refractivity (Wildman–Crippen MR) is 78.0 cm³/mol. The molecule has 0 spiro atoms. The molecule has 1 amide bonds. The molecule has 0 aliphatic carbocycles. The van der Waals surface area contributed by atoms with Gasteiger partial charge in [-0.05, 0) is 5.56 Å². The molecule has 8 heteroatoms. The maximum Gasteiger partial charge on any atom is 0.246 e. The van der Waals surface area contributed by atoms with Crippen LogP contribution >= 0.6 is 0 Å². The van der Waals surface area contributed by atoms with Crippen molar-refractivity contribution in [1.82, 2.24) is 5.32 Å². The van der Waals surface area contributed by atoms with E-state index in [4.69, 9.17) is 14.6 Å². The Labute approximate surface area is 133 Å². The van der Waals surface area contributed by atoms with Crippen LogP contribution in [0.1, 0.15) is 5.56 Å². The lowest BCUT2D eigenvalue weighted by molar-refractivity contribution is -0.254. The van der Waals surface area contributed by atoms with Gasteiger partial charge in [0.15, 0.2) is 6.29 Å². The zero-order chi connectivity index (χ0) is 16.8. The molecule has 23 heavy (non-hydrogen) atoms. The molecule has 1 aromatic rings. The second-order valence-corrected chi connectivity index (χ2v) is 5.30. The average Bonchev–Trinajstić information content (AvgIpc) is 2.56. The van der Waals surface area contributed by atoms with E-state index < -0.39 is 43.2 Å². The van der Waals surface area contributed by atoms with Crippen molar-refractivity contribution in [2.24, 2.45) is 0 Å². The van der Waals surface area contributed by atoms with E-state index in [1.165, 1.54) is 0 Å². The van der Waals surface area contributed by atoms with E-state index in [2.05, 4.69) is 5.32 Å². The number of benzene rings is 1. The lowest BCUT2D eigenvalue weighted by Gasteiger charge is -2.40. The highest BCUT2D eigenvalue weighted by Gasteiger charge is 2.44. The summed E-state index contributed by atoms with van der Waals surface area (Å²) in [6.07, 6.45) is -5.53. The van der Waals surface area contributed by atoms with Crippen molar-refractivity contribution in [2.45, 2.75) is 37.3 Å². The maximum absolute atomic E-state index is 11.8. The Morgan fingerprint density at radius 3 is 2.52 bits per heavy atom. The summed E-state index contributed by atoms with van der Waals surface area (Å²) in [6, 6.07) is 8.07. The normalized spacial score (nSPS) is 30.9. The first-order valence-corrected chi connectivity index (χ1v) is 7.24. The van der Waals surface area contributed by atoms with Crippen molar-refractivity contribution in [3.8, 4) is 0 Å². The van der Waals surface area contributed by atoms with Crippen LogP contribution in [-0.2, 0) is 20.9 Å². The van der Waals surface area contributed by atoms with Gasteiger partial charge in [0.25, 0.3) is 0 Å². The molecule has 1 fully saturated rings. The first kappa shape index (κ1) is 17.8. The van der Waals surface area contributed by atoms with Crippen molar-refractivity contribution in [3.05, 3.63) is 35.9 Å². The molecule has 0 saturated carbocycles. The third-order valence-electron chi connectivity index (χ3n) is 3.57. The molecule has 0 aromatic heterocycles. The molecule has 1 saturated heterocycles. The second-order valence-electron chi connectivity index (χ2n) is 5.30. The van der Waals surface area contributed by atoms with Crippen LogP contribution in [0.15, 0.2) is 30.3 Å². The van der Waals surface area contributed by atoms with Crippen LogP contribution in [0.2, 0.25) is 0 Å². The van der Waals surface area contributed by atoms with Gasteiger partial charge in [-0.15, -0.1) is 0 Å². The Bertz CT molecular complexity index is 498. The summed E-state index contributed by atoms with van der Waals surface area (Å²) in [7, 11) is 0. The Balaban J connectivity index is 1.80. The number of hydrogen-bond acceptors (Lipinski definition) is 7. The number of carbonyl (C=O) groups excluding carboxylic acids is 1. The molecule has 5 atom stereocenters. The number of ether oxygens (including phenoxy) is 2. The molecule has 8 nitrogen and oxygen atoms in total. The van der Waals surface area contributed by atoms with Crippen molar-refractivity contribution in [3.63, 3.8) is 0 Å². The first-order chi connectivity index (χ1) is 11.0. The van der Waals surface area contributed by atoms with Crippen molar-refractivity contribution >= 4 is 5.91 Å². The third kappa shape index (κ3) is 4.71. The van der Waals surface area contributed by atoms with E-state index in [-0.39, 0.29) is 13.2 Å². The van der Waals surface area contributed by atoms with Crippen LogP contribution in [0.3, 0.4) is 0 Å². The molecular formula is C15H21NO7. The van der Waals surface area contributed by atoms with Gasteiger partial charge in [0, 0.05) is 0 Å². The summed E-state index contributed by atoms with van der Waals surface area (Å²) in [5.41, 5.74) is 0.905. The van der Waals surface area contributed by atoms with Crippen LogP contribution in [0.4, 0.5) is 0 Å². The molecule has 128 valence electrons. The quantitative estimate of drug-likeness (QED) is 0.413. The summed E-state index contributed by atoms with van der Waals surface area (Å²) >= 11 is 0. The molecule has 1 aliphatic rings. The summed E-state index contributed by atoms with van der Waals surface area (Å²) in [6.45, 7) is -0.587. The molecular weight excluding hydrogens is 306 g/mol. The van der Waals surface area contributed by atoms with Gasteiger partial charge in [-0.25, -0.2) is 0 Å². The number of amides is 1. The van der Waals surface area contributed by atoms with Gasteiger partial charge >= 0.3 is 0 Å². The molecule has 3 unspecified atom stereocenters. The van der Waals surface area contributed by atoms with Crippen molar-refractivity contribution in [2.75, 3.05) is 13.2 Å². The fourth-order valence-corrected chi connectivity index (χ4v) is 2.32. The highest BCUT2D eigenvalue weighted by atomic mass is 16.6. The number of hydrogen-bond donors (Lipinski definition) is 5. The zero-order valence-corrected chi connectivity index (χ0v) is 12.4. The van der Waals surface area contributed by atoms with Crippen LogP contribution in [0, 0.1) is 0 Å². The smallest absolute Gasteiger partial charge is 0.246 e. The van der Waals surface area contributed by atoms with Crippen LogP contribution in [-0.4, -0.2) is 70.2 Å². The Morgan fingerprint density at radius 2 is 1.87 bits per heavy atom. The number of aliphatic hydroxyl groups excluding tert-OH is 4. The molecule has 5 N–H and O–H groups in total. The highest BCUT2D eigenvalue weighted by molar-refractivity contribution is 5.77. The standard InChI is InChI=1S/C15H21NO7/c17-6-10-13(19)14(20)12(15(21)23-10)16-11(18)8-22-7-9-4-2-1-3-5-9/h1-5,10,12-15,17,19-21H,6-8H2,(H,16,18)/t10?,12?,13-,14-,15?/m1/s1. The fourth-order valence-electron chi connectivity index (χ4n) is 2.32. The first-order valence-electron chi connectivity index (χ1n) is 7.24. The summed E-state index contributed by atoms with van der Waals surface area (Å²) in [4.78, 5) is 11.8. The monoisotopic (exact) mass is 327 g/mol. The van der Waals surface area contributed by atoms with Crippen molar-refractivity contribution < 1.29 is 34.7 Å². The summed E-state index contributed by atoms with van der Waals surface area (Å²) in [5, 5.41) is 40.7. The lowest BCUT2D eigenvalue weighted by Crippen LogP contribution is -2.64. The number of rotatable bonds is 6. The van der Waals surface area contributed by atoms with Gasteiger partial charge in [0.05, 0.1) is 13.2 Å². The third-order valence-corrected chi connectivity index (χ3v) is 3.57. The van der Waals surface area contributed by atoms with Gasteiger partial charge < -0.3 is 35.2 Å². The summed E-state index contributed by atoms with van der Waals surface area (Å²) < 4.78 is 10.2. The Hall–Kier alpha value is -1.55. The molecule has 1 heterocycles. The van der Waals surface area contributed by atoms with Crippen molar-refractivity contribution in [1.29, 1.82) is 0 Å². The average molecular weight is 327 g/mol. The largest absolute Gasteiger partial charge is 0.394 e. The fraction of sp³-hybridized carbons (Fsp3) is 0.533. The van der Waals surface area contributed by atoms with Crippen LogP contribution in [0.5, 0.6) is 0 Å². The van der Waals surface area contributed by atoms with E-state index in [0.717, 1.165) is 5.56 Å². The van der Waals surface area contributed by atoms with E-state index in [1.807, 2.05) is 30.3 Å².